The quantitative estimate of drug-likeness (QED) is 0.491. The number of β-amino-alcohol motifs (C(OH)–C–C–N with tert-alkyl or cyclic N) is 1. The molecule has 2 aromatic carbocycles. The van der Waals surface area contributed by atoms with Crippen molar-refractivity contribution in [3.05, 3.63) is 70.8 Å². The van der Waals surface area contributed by atoms with Crippen LogP contribution in [0.25, 0.3) is 0 Å². The normalized spacial score (nSPS) is 14.8. The number of carbonyl (C=O) groups is 2. The van der Waals surface area contributed by atoms with Gasteiger partial charge in [0.05, 0.1) is 12.6 Å². The van der Waals surface area contributed by atoms with Gasteiger partial charge in [-0.25, -0.2) is 0 Å². The van der Waals surface area contributed by atoms with Crippen LogP contribution in [0.5, 0.6) is 0 Å². The van der Waals surface area contributed by atoms with Crippen LogP contribution in [0.15, 0.2) is 48.5 Å². The number of amides is 2. The average Bonchev–Trinajstić information content (AvgIpc) is 2.72. The molecule has 0 aromatic heterocycles. The highest BCUT2D eigenvalue weighted by molar-refractivity contribution is 5.94. The number of rotatable bonds is 9. The Balaban J connectivity index is 1.45. The van der Waals surface area contributed by atoms with Crippen LogP contribution in [0.3, 0.4) is 0 Å². The summed E-state index contributed by atoms with van der Waals surface area (Å²) in [5.41, 5.74) is 9.17. The molecule has 2 amide bonds. The summed E-state index contributed by atoms with van der Waals surface area (Å²) in [5.74, 6) is -0.658. The van der Waals surface area contributed by atoms with Gasteiger partial charge in [0.15, 0.2) is 0 Å². The second-order valence-corrected chi connectivity index (χ2v) is 7.39. The molecule has 3 rings (SSSR count). The molecule has 29 heavy (non-hydrogen) atoms. The fourth-order valence-electron chi connectivity index (χ4n) is 3.54. The molecule has 1 heterocycles. The van der Waals surface area contributed by atoms with Crippen molar-refractivity contribution >= 4 is 11.8 Å². The Bertz CT molecular complexity index is 855. The molecule has 7 nitrogen and oxygen atoms in total. The van der Waals surface area contributed by atoms with E-state index in [0.717, 1.165) is 25.1 Å². The van der Waals surface area contributed by atoms with Crippen molar-refractivity contribution in [2.24, 2.45) is 5.73 Å². The number of aliphatic hydroxyl groups excluding tert-OH is 1. The molecule has 1 aliphatic heterocycles. The summed E-state index contributed by atoms with van der Waals surface area (Å²) >= 11 is 0. The summed E-state index contributed by atoms with van der Waals surface area (Å²) < 4.78 is 0. The molecule has 1 atom stereocenters. The minimum atomic E-state index is -0.635. The van der Waals surface area contributed by atoms with E-state index >= 15 is 0 Å². The lowest BCUT2D eigenvalue weighted by atomic mass is 10.00. The van der Waals surface area contributed by atoms with Gasteiger partial charge in [-0.15, -0.1) is 0 Å². The van der Waals surface area contributed by atoms with Crippen LogP contribution >= 0.6 is 0 Å². The molecule has 5 N–H and O–H groups in total. The van der Waals surface area contributed by atoms with Gasteiger partial charge in [-0.3, -0.25) is 14.5 Å². The Morgan fingerprint density at radius 2 is 1.93 bits per heavy atom. The van der Waals surface area contributed by atoms with E-state index in [2.05, 4.69) is 33.7 Å². The van der Waals surface area contributed by atoms with Gasteiger partial charge < -0.3 is 21.5 Å². The van der Waals surface area contributed by atoms with Crippen molar-refractivity contribution in [1.82, 2.24) is 15.5 Å². The first-order valence-corrected chi connectivity index (χ1v) is 9.84. The molecule has 0 aliphatic carbocycles. The summed E-state index contributed by atoms with van der Waals surface area (Å²) in [6.45, 7) is 2.98. The van der Waals surface area contributed by atoms with Crippen LogP contribution < -0.4 is 16.4 Å². The molecular weight excluding hydrogens is 368 g/mol. The van der Waals surface area contributed by atoms with E-state index in [1.54, 1.807) is 18.2 Å². The number of nitrogens with one attached hydrogen (secondary N) is 2. The van der Waals surface area contributed by atoms with E-state index in [0.29, 0.717) is 18.7 Å². The van der Waals surface area contributed by atoms with Crippen molar-refractivity contribution in [2.75, 3.05) is 26.2 Å². The first-order valence-electron chi connectivity index (χ1n) is 9.84. The van der Waals surface area contributed by atoms with Crippen molar-refractivity contribution in [2.45, 2.75) is 25.6 Å². The number of carbonyl (C=O) groups excluding carboxylic acids is 2. The first-order chi connectivity index (χ1) is 14.0. The van der Waals surface area contributed by atoms with E-state index in [-0.39, 0.29) is 19.0 Å². The zero-order chi connectivity index (χ0) is 20.6. The molecule has 154 valence electrons. The summed E-state index contributed by atoms with van der Waals surface area (Å²) in [4.78, 5) is 25.4. The molecule has 0 saturated carbocycles. The predicted octanol–water partition coefficient (Wildman–Crippen LogP) is 0.411. The first kappa shape index (κ1) is 21.0. The highest BCUT2D eigenvalue weighted by Crippen LogP contribution is 2.18. The minimum absolute atomic E-state index is 0.0869. The van der Waals surface area contributed by atoms with Crippen LogP contribution in [0.1, 0.15) is 27.0 Å². The van der Waals surface area contributed by atoms with Crippen LogP contribution in [-0.4, -0.2) is 54.1 Å². The Kier molecular flexibility index (Phi) is 7.35. The molecule has 1 aliphatic rings. The van der Waals surface area contributed by atoms with E-state index in [4.69, 9.17) is 5.73 Å². The van der Waals surface area contributed by atoms with Crippen molar-refractivity contribution in [1.29, 1.82) is 0 Å². The highest BCUT2D eigenvalue weighted by Gasteiger charge is 2.19. The number of aliphatic hydroxyl groups is 1. The lowest BCUT2D eigenvalue weighted by Gasteiger charge is -2.30. The van der Waals surface area contributed by atoms with Crippen LogP contribution in [0.2, 0.25) is 0 Å². The maximum Gasteiger partial charge on any atom is 0.251 e. The summed E-state index contributed by atoms with van der Waals surface area (Å²) in [6.07, 6.45) is 0.343. The van der Waals surface area contributed by atoms with Crippen molar-refractivity contribution < 1.29 is 14.7 Å². The molecule has 7 heteroatoms. The number of nitrogens with two attached hydrogens (primary N) is 1. The monoisotopic (exact) mass is 396 g/mol. The number of benzene rings is 2. The third-order valence-electron chi connectivity index (χ3n) is 4.99. The zero-order valence-electron chi connectivity index (χ0n) is 16.4. The lowest BCUT2D eigenvalue weighted by Crippen LogP contribution is -2.42. The fourth-order valence-corrected chi connectivity index (χ4v) is 3.54. The standard InChI is InChI=1S/C22H28N4O3/c23-21(28)13-24-11-16-4-3-7-18(10-16)22(29)25-12-20(27)15-26-9-8-17-5-1-2-6-19(17)14-26/h1-7,10,20,24,27H,8-9,11-15H2,(H2,23,28)(H,25,29). The second kappa shape index (κ2) is 10.2. The zero-order valence-corrected chi connectivity index (χ0v) is 16.4. The third-order valence-corrected chi connectivity index (χ3v) is 4.99. The number of hydrogen-bond donors (Lipinski definition) is 4. The van der Waals surface area contributed by atoms with Crippen molar-refractivity contribution in [3.63, 3.8) is 0 Å². The van der Waals surface area contributed by atoms with E-state index < -0.39 is 12.0 Å². The molecule has 0 radical (unpaired) electrons. The summed E-state index contributed by atoms with van der Waals surface area (Å²) in [5, 5.41) is 16.1. The average molecular weight is 396 g/mol. The summed E-state index contributed by atoms with van der Waals surface area (Å²) in [7, 11) is 0. The topological polar surface area (TPSA) is 108 Å². The second-order valence-electron chi connectivity index (χ2n) is 7.39. The fraction of sp³-hybridized carbons (Fsp3) is 0.364. The third kappa shape index (κ3) is 6.39. The minimum Gasteiger partial charge on any atom is -0.390 e. The van der Waals surface area contributed by atoms with Crippen LogP contribution in [0, 0.1) is 0 Å². The maximum atomic E-state index is 12.4. The van der Waals surface area contributed by atoms with Crippen molar-refractivity contribution in [3.8, 4) is 0 Å². The Hall–Kier alpha value is -2.74. The van der Waals surface area contributed by atoms with Gasteiger partial charge >= 0.3 is 0 Å². The predicted molar refractivity (Wildman–Crippen MR) is 111 cm³/mol. The van der Waals surface area contributed by atoms with Gasteiger partial charge in [0, 0.05) is 38.3 Å². The van der Waals surface area contributed by atoms with E-state index in [1.165, 1.54) is 11.1 Å². The SMILES string of the molecule is NC(=O)CNCc1cccc(C(=O)NCC(O)CN2CCc3ccccc3C2)c1. The van der Waals surface area contributed by atoms with Gasteiger partial charge in [0.2, 0.25) is 5.91 Å². The van der Waals surface area contributed by atoms with Crippen LogP contribution in [0.4, 0.5) is 0 Å². The van der Waals surface area contributed by atoms with Gasteiger partial charge in [-0.1, -0.05) is 36.4 Å². The molecule has 0 bridgehead atoms. The van der Waals surface area contributed by atoms with E-state index in [9.17, 15) is 14.7 Å². The Morgan fingerprint density at radius 3 is 2.72 bits per heavy atom. The van der Waals surface area contributed by atoms with Gasteiger partial charge in [0.25, 0.3) is 5.91 Å². The molecule has 0 saturated heterocycles. The molecule has 0 spiro atoms. The number of hydrogen-bond acceptors (Lipinski definition) is 5. The molecule has 1 unspecified atom stereocenters. The molecular formula is C22H28N4O3. The van der Waals surface area contributed by atoms with Crippen LogP contribution in [-0.2, 0) is 24.3 Å². The molecule has 0 fully saturated rings. The Labute approximate surface area is 170 Å². The summed E-state index contributed by atoms with van der Waals surface area (Å²) in [6, 6.07) is 15.5. The number of fused-ring (bicyclic) bond motifs is 1. The number of primary amides is 1. The van der Waals surface area contributed by atoms with E-state index in [1.807, 2.05) is 12.1 Å². The van der Waals surface area contributed by atoms with Gasteiger partial charge in [-0.05, 0) is 35.2 Å². The number of nitrogens with zero attached hydrogens (tertiary/aromatic N) is 1. The molecule has 2 aromatic rings. The Morgan fingerprint density at radius 1 is 1.14 bits per heavy atom. The van der Waals surface area contributed by atoms with Gasteiger partial charge in [-0.2, -0.15) is 0 Å². The van der Waals surface area contributed by atoms with Gasteiger partial charge in [0.1, 0.15) is 0 Å². The maximum absolute atomic E-state index is 12.4. The smallest absolute Gasteiger partial charge is 0.251 e. The highest BCUT2D eigenvalue weighted by atomic mass is 16.3. The lowest BCUT2D eigenvalue weighted by molar-refractivity contribution is -0.117. The largest absolute Gasteiger partial charge is 0.390 e.